The molecule has 0 bridgehead atoms. The van der Waals surface area contributed by atoms with E-state index in [0.717, 1.165) is 18.2 Å². The number of halogens is 4. The maximum absolute atomic E-state index is 15.0. The zero-order chi connectivity index (χ0) is 35.2. The number of aromatic nitrogens is 2. The van der Waals surface area contributed by atoms with E-state index in [4.69, 9.17) is 9.47 Å². The number of ketones is 1. The van der Waals surface area contributed by atoms with Crippen LogP contribution in [0, 0.1) is 5.82 Å². The molecule has 48 heavy (non-hydrogen) atoms. The van der Waals surface area contributed by atoms with Crippen molar-refractivity contribution >= 4 is 27.7 Å². The molecule has 0 spiro atoms. The molecule has 14 heteroatoms. The smallest absolute Gasteiger partial charge is 0.422 e. The van der Waals surface area contributed by atoms with Gasteiger partial charge in [0.15, 0.2) is 11.5 Å². The zero-order valence-electron chi connectivity index (χ0n) is 27.1. The summed E-state index contributed by atoms with van der Waals surface area (Å²) in [5.41, 5.74) is -4.66. The van der Waals surface area contributed by atoms with Gasteiger partial charge in [-0.15, -0.1) is 0 Å². The summed E-state index contributed by atoms with van der Waals surface area (Å²) in [6, 6.07) is 10.6. The standard InChI is InChI=1S/C34H37F4N3O6S/c1-31(2,3)48(45)40-32(4)19-47-30-24(32)18-27(39-28(30)20-6-8-23(35)9-7-20)33(44,34(36,37)38)12-10-25(43)22-16-21-11-13-41(14-15-42)29(21)26(17-22)46-5/h6-9,11,13,16-18,40,42,44H,10,12,14-15,19H2,1-5H3/t32-,33-,48?/m1/s1. The van der Waals surface area contributed by atoms with Crippen LogP contribution in [0.4, 0.5) is 17.6 Å². The average molecular weight is 692 g/mol. The van der Waals surface area contributed by atoms with Gasteiger partial charge < -0.3 is 24.3 Å². The predicted molar refractivity (Wildman–Crippen MR) is 173 cm³/mol. The molecule has 258 valence electrons. The molecule has 0 fully saturated rings. The molecule has 0 radical (unpaired) electrons. The Kier molecular flexibility index (Phi) is 9.51. The molecule has 0 saturated carbocycles. The van der Waals surface area contributed by atoms with Crippen molar-refractivity contribution in [3.8, 4) is 22.8 Å². The highest BCUT2D eigenvalue weighted by molar-refractivity contribution is 7.84. The monoisotopic (exact) mass is 691 g/mol. The summed E-state index contributed by atoms with van der Waals surface area (Å²) in [7, 11) is -0.278. The first kappa shape index (κ1) is 35.5. The molecule has 0 amide bonds. The molecule has 3 atom stereocenters. The number of pyridine rings is 1. The quantitative estimate of drug-likeness (QED) is 0.132. The lowest BCUT2D eigenvalue weighted by atomic mass is 9.86. The van der Waals surface area contributed by atoms with Gasteiger partial charge >= 0.3 is 6.18 Å². The van der Waals surface area contributed by atoms with Crippen LogP contribution < -0.4 is 14.2 Å². The van der Waals surface area contributed by atoms with Crippen LogP contribution in [-0.4, -0.2) is 61.0 Å². The van der Waals surface area contributed by atoms with Crippen molar-refractivity contribution in [1.82, 2.24) is 14.3 Å². The highest BCUT2D eigenvalue weighted by Crippen LogP contribution is 2.49. The molecule has 5 rings (SSSR count). The Labute approximate surface area is 277 Å². The number of nitrogens with one attached hydrogen (secondary N) is 1. The van der Waals surface area contributed by atoms with Crippen molar-refractivity contribution < 1.29 is 46.3 Å². The van der Waals surface area contributed by atoms with Crippen LogP contribution in [0.2, 0.25) is 0 Å². The number of alkyl halides is 3. The number of Topliss-reactive ketones (excluding diaryl/α,β-unsaturated/α-hetero) is 1. The summed E-state index contributed by atoms with van der Waals surface area (Å²) >= 11 is 0. The zero-order valence-corrected chi connectivity index (χ0v) is 27.9. The predicted octanol–water partition coefficient (Wildman–Crippen LogP) is 5.92. The van der Waals surface area contributed by atoms with Crippen molar-refractivity contribution in [2.45, 2.75) is 69.1 Å². The van der Waals surface area contributed by atoms with Gasteiger partial charge in [0, 0.05) is 41.2 Å². The van der Waals surface area contributed by atoms with E-state index in [2.05, 4.69) is 9.71 Å². The summed E-state index contributed by atoms with van der Waals surface area (Å²) in [5, 5.41) is 21.5. The SMILES string of the molecule is COc1cc(C(=O)CC[C@@](O)(c2cc3c(c(-c4ccc(F)cc4)n2)OC[C@@]3(C)NS(=O)C(C)(C)C)C(F)(F)F)cc2ccn(CCO)c12. The Hall–Kier alpha value is -3.85. The minimum atomic E-state index is -5.28. The van der Waals surface area contributed by atoms with E-state index in [1.54, 1.807) is 44.5 Å². The molecule has 1 aliphatic rings. The number of methoxy groups -OCH3 is 1. The number of ether oxygens (including phenoxy) is 2. The van der Waals surface area contributed by atoms with Crippen LogP contribution in [0.3, 0.4) is 0 Å². The van der Waals surface area contributed by atoms with E-state index in [1.165, 1.54) is 31.4 Å². The van der Waals surface area contributed by atoms with Gasteiger partial charge in [0.1, 0.15) is 23.9 Å². The summed E-state index contributed by atoms with van der Waals surface area (Å²) in [5.74, 6) is -0.864. The highest BCUT2D eigenvalue weighted by atomic mass is 32.2. The first-order chi connectivity index (χ1) is 22.4. The molecule has 3 heterocycles. The summed E-state index contributed by atoms with van der Waals surface area (Å²) in [4.78, 5) is 17.7. The lowest BCUT2D eigenvalue weighted by Crippen LogP contribution is -2.47. The Bertz CT molecular complexity index is 1870. The molecular weight excluding hydrogens is 654 g/mol. The molecule has 2 aromatic heterocycles. The number of nitrogens with zero attached hydrogens (tertiary/aromatic N) is 2. The summed E-state index contributed by atoms with van der Waals surface area (Å²) in [6.45, 7) is 6.83. The van der Waals surface area contributed by atoms with Crippen LogP contribution in [0.1, 0.15) is 62.2 Å². The van der Waals surface area contributed by atoms with Gasteiger partial charge in [-0.1, -0.05) is 0 Å². The third kappa shape index (κ3) is 6.58. The number of hydrogen-bond acceptors (Lipinski definition) is 7. The fraction of sp³-hybridized carbons (Fsp3) is 0.412. The minimum absolute atomic E-state index is 0.0776. The number of hydrogen-bond donors (Lipinski definition) is 3. The van der Waals surface area contributed by atoms with E-state index < -0.39 is 63.2 Å². The van der Waals surface area contributed by atoms with Gasteiger partial charge in [0.25, 0.3) is 0 Å². The Morgan fingerprint density at radius 3 is 2.44 bits per heavy atom. The summed E-state index contributed by atoms with van der Waals surface area (Å²) < 4.78 is 87.2. The molecule has 3 N–H and O–H groups in total. The average Bonchev–Trinajstić information content (AvgIpc) is 3.58. The van der Waals surface area contributed by atoms with Gasteiger partial charge in [0.2, 0.25) is 5.60 Å². The van der Waals surface area contributed by atoms with Gasteiger partial charge in [-0.2, -0.15) is 13.2 Å². The van der Waals surface area contributed by atoms with Crippen molar-refractivity contribution in [3.05, 3.63) is 77.4 Å². The normalized spacial score (nSPS) is 18.3. The van der Waals surface area contributed by atoms with Crippen LogP contribution in [0.5, 0.6) is 11.5 Å². The summed E-state index contributed by atoms with van der Waals surface area (Å²) in [6.07, 6.45) is -5.38. The van der Waals surface area contributed by atoms with Crippen LogP contribution in [0.25, 0.3) is 22.2 Å². The second-order valence-corrected chi connectivity index (χ2v) is 14.9. The van der Waals surface area contributed by atoms with Crippen LogP contribution in [0.15, 0.2) is 54.7 Å². The van der Waals surface area contributed by atoms with E-state index in [1.807, 2.05) is 0 Å². The fourth-order valence-corrected chi connectivity index (χ4v) is 6.50. The van der Waals surface area contributed by atoms with Crippen molar-refractivity contribution in [2.24, 2.45) is 0 Å². The topological polar surface area (TPSA) is 123 Å². The van der Waals surface area contributed by atoms with Crippen LogP contribution in [-0.2, 0) is 28.7 Å². The van der Waals surface area contributed by atoms with Gasteiger partial charge in [-0.05, 0) is 82.6 Å². The second kappa shape index (κ2) is 12.9. The minimum Gasteiger partial charge on any atom is -0.495 e. The van der Waals surface area contributed by atoms with Crippen molar-refractivity contribution in [2.75, 3.05) is 20.3 Å². The Balaban J connectivity index is 1.58. The third-order valence-electron chi connectivity index (χ3n) is 8.38. The van der Waals surface area contributed by atoms with E-state index >= 15 is 0 Å². The molecule has 1 aliphatic heterocycles. The van der Waals surface area contributed by atoms with Gasteiger partial charge in [0.05, 0.1) is 46.2 Å². The number of aliphatic hydroxyl groups excluding tert-OH is 1. The molecule has 9 nitrogen and oxygen atoms in total. The maximum atomic E-state index is 15.0. The lowest BCUT2D eigenvalue weighted by Gasteiger charge is -2.32. The van der Waals surface area contributed by atoms with Crippen molar-refractivity contribution in [1.29, 1.82) is 0 Å². The highest BCUT2D eigenvalue weighted by Gasteiger charge is 2.57. The number of carbonyl (C=O) groups excluding carboxylic acids is 1. The number of rotatable bonds is 11. The molecule has 2 aromatic carbocycles. The van der Waals surface area contributed by atoms with E-state index in [9.17, 15) is 36.8 Å². The lowest BCUT2D eigenvalue weighted by molar-refractivity contribution is -0.270. The molecule has 4 aromatic rings. The molecular formula is C34H37F4N3O6S. The molecule has 0 saturated heterocycles. The largest absolute Gasteiger partial charge is 0.495 e. The Morgan fingerprint density at radius 1 is 1.15 bits per heavy atom. The number of benzene rings is 2. The first-order valence-electron chi connectivity index (χ1n) is 15.2. The number of fused-ring (bicyclic) bond motifs is 2. The van der Waals surface area contributed by atoms with Gasteiger partial charge in [-0.3, -0.25) is 4.79 Å². The Morgan fingerprint density at radius 2 is 1.83 bits per heavy atom. The van der Waals surface area contributed by atoms with E-state index in [-0.39, 0.29) is 47.9 Å². The van der Waals surface area contributed by atoms with Crippen molar-refractivity contribution in [3.63, 3.8) is 0 Å². The molecule has 0 aliphatic carbocycles. The fourth-order valence-electron chi connectivity index (χ4n) is 5.61. The second-order valence-electron chi connectivity index (χ2n) is 13.0. The molecule has 1 unspecified atom stereocenters. The maximum Gasteiger partial charge on any atom is 0.422 e. The van der Waals surface area contributed by atoms with Crippen LogP contribution >= 0.6 is 0 Å². The van der Waals surface area contributed by atoms with E-state index in [0.29, 0.717) is 16.7 Å². The first-order valence-corrected chi connectivity index (χ1v) is 16.3. The number of carbonyl (C=O) groups is 1. The third-order valence-corrected chi connectivity index (χ3v) is 10.1. The van der Waals surface area contributed by atoms with Gasteiger partial charge in [-0.25, -0.2) is 18.3 Å². The number of aliphatic hydroxyl groups is 2.